The zero-order chi connectivity index (χ0) is 8.72. The van der Waals surface area contributed by atoms with Gasteiger partial charge < -0.3 is 10.2 Å². The highest BCUT2D eigenvalue weighted by Crippen LogP contribution is 2.40. The largest absolute Gasteiger partial charge is 0.464 e. The lowest BCUT2D eigenvalue weighted by molar-refractivity contribution is 0.425. The highest BCUT2D eigenvalue weighted by Gasteiger charge is 2.31. The minimum Gasteiger partial charge on any atom is -0.464 e. The van der Waals surface area contributed by atoms with Crippen LogP contribution in [0.15, 0.2) is 10.5 Å². The van der Waals surface area contributed by atoms with Crippen molar-refractivity contribution in [3.63, 3.8) is 0 Å². The molecule has 0 radical (unpaired) electrons. The van der Waals surface area contributed by atoms with Gasteiger partial charge in [-0.2, -0.15) is 0 Å². The first-order valence-electron chi connectivity index (χ1n) is 4.51. The van der Waals surface area contributed by atoms with E-state index in [1.807, 2.05) is 6.92 Å². The van der Waals surface area contributed by atoms with Gasteiger partial charge in [-0.05, 0) is 44.2 Å². The van der Waals surface area contributed by atoms with Crippen molar-refractivity contribution in [3.8, 4) is 0 Å². The zero-order valence-corrected chi connectivity index (χ0v) is 7.63. The van der Waals surface area contributed by atoms with Crippen LogP contribution >= 0.6 is 0 Å². The first kappa shape index (κ1) is 7.87. The summed E-state index contributed by atoms with van der Waals surface area (Å²) in [6.45, 7) is 4.04. The molecule has 0 aliphatic heterocycles. The molecule has 1 unspecified atom stereocenters. The Morgan fingerprint density at radius 2 is 2.17 bits per heavy atom. The molecule has 2 nitrogen and oxygen atoms in total. The predicted octanol–water partition coefficient (Wildman–Crippen LogP) is 2.31. The van der Waals surface area contributed by atoms with Crippen LogP contribution in [0.4, 0.5) is 0 Å². The third-order valence-electron chi connectivity index (χ3n) is 2.64. The van der Waals surface area contributed by atoms with Crippen molar-refractivity contribution in [2.24, 2.45) is 11.7 Å². The van der Waals surface area contributed by atoms with Gasteiger partial charge in [0.15, 0.2) is 0 Å². The van der Waals surface area contributed by atoms with Crippen LogP contribution in [0.5, 0.6) is 0 Å². The standard InChI is InChI=1S/C10H15NO/c1-6-5-9(12-7(6)2)10(11)8-3-4-8/h5,8,10H,3-4,11H2,1-2H3. The van der Waals surface area contributed by atoms with Crippen LogP contribution in [0.1, 0.15) is 36.0 Å². The van der Waals surface area contributed by atoms with Gasteiger partial charge in [0.2, 0.25) is 0 Å². The monoisotopic (exact) mass is 165 g/mol. The second-order valence-electron chi connectivity index (χ2n) is 3.75. The molecule has 1 aliphatic carbocycles. The lowest BCUT2D eigenvalue weighted by atomic mass is 10.1. The quantitative estimate of drug-likeness (QED) is 0.730. The average molecular weight is 165 g/mol. The summed E-state index contributed by atoms with van der Waals surface area (Å²) in [5.41, 5.74) is 7.20. The van der Waals surface area contributed by atoms with E-state index in [1.54, 1.807) is 0 Å². The molecular formula is C10H15NO. The number of nitrogens with two attached hydrogens (primary N) is 1. The molecule has 2 N–H and O–H groups in total. The van der Waals surface area contributed by atoms with Gasteiger partial charge in [0.25, 0.3) is 0 Å². The van der Waals surface area contributed by atoms with Crippen molar-refractivity contribution in [1.29, 1.82) is 0 Å². The van der Waals surface area contributed by atoms with Crippen LogP contribution in [-0.4, -0.2) is 0 Å². The Morgan fingerprint density at radius 1 is 1.50 bits per heavy atom. The third kappa shape index (κ3) is 1.27. The molecule has 0 spiro atoms. The molecule has 12 heavy (non-hydrogen) atoms. The second kappa shape index (κ2) is 2.63. The number of hydrogen-bond acceptors (Lipinski definition) is 2. The van der Waals surface area contributed by atoms with Gasteiger partial charge in [0.1, 0.15) is 11.5 Å². The highest BCUT2D eigenvalue weighted by molar-refractivity contribution is 5.21. The number of aryl methyl sites for hydroxylation is 2. The topological polar surface area (TPSA) is 39.2 Å². The van der Waals surface area contributed by atoms with Gasteiger partial charge in [0.05, 0.1) is 6.04 Å². The third-order valence-corrected chi connectivity index (χ3v) is 2.64. The Bertz CT molecular complexity index is 267. The molecule has 1 atom stereocenters. The van der Waals surface area contributed by atoms with Crippen LogP contribution in [-0.2, 0) is 0 Å². The molecule has 1 saturated carbocycles. The van der Waals surface area contributed by atoms with E-state index in [9.17, 15) is 0 Å². The van der Waals surface area contributed by atoms with Gasteiger partial charge in [-0.25, -0.2) is 0 Å². The summed E-state index contributed by atoms with van der Waals surface area (Å²) in [6.07, 6.45) is 2.53. The van der Waals surface area contributed by atoms with E-state index < -0.39 is 0 Å². The molecule has 0 amide bonds. The summed E-state index contributed by atoms with van der Waals surface area (Å²) >= 11 is 0. The fourth-order valence-electron chi connectivity index (χ4n) is 1.45. The molecule has 66 valence electrons. The molecule has 2 rings (SSSR count). The lowest BCUT2D eigenvalue weighted by Gasteiger charge is -2.04. The minimum atomic E-state index is 0.136. The summed E-state index contributed by atoms with van der Waals surface area (Å²) in [6, 6.07) is 2.20. The maximum absolute atomic E-state index is 5.99. The van der Waals surface area contributed by atoms with E-state index in [4.69, 9.17) is 10.2 Å². The summed E-state index contributed by atoms with van der Waals surface area (Å²) in [7, 11) is 0. The first-order chi connectivity index (χ1) is 5.68. The predicted molar refractivity (Wildman–Crippen MR) is 47.8 cm³/mol. The van der Waals surface area contributed by atoms with Crippen molar-refractivity contribution in [1.82, 2.24) is 0 Å². The van der Waals surface area contributed by atoms with Crippen molar-refractivity contribution in [2.45, 2.75) is 32.7 Å². The van der Waals surface area contributed by atoms with Crippen LogP contribution in [0, 0.1) is 19.8 Å². The van der Waals surface area contributed by atoms with Crippen molar-refractivity contribution in [3.05, 3.63) is 23.2 Å². The fraction of sp³-hybridized carbons (Fsp3) is 0.600. The van der Waals surface area contributed by atoms with E-state index in [0.717, 1.165) is 11.5 Å². The number of furan rings is 1. The van der Waals surface area contributed by atoms with Crippen molar-refractivity contribution < 1.29 is 4.42 Å². The van der Waals surface area contributed by atoms with E-state index in [0.29, 0.717) is 5.92 Å². The maximum atomic E-state index is 5.99. The summed E-state index contributed by atoms with van der Waals surface area (Å²) < 4.78 is 5.55. The minimum absolute atomic E-state index is 0.136. The Kier molecular flexibility index (Phi) is 1.72. The first-order valence-corrected chi connectivity index (χ1v) is 4.51. The summed E-state index contributed by atoms with van der Waals surface area (Å²) in [4.78, 5) is 0. The molecule has 1 aliphatic rings. The van der Waals surface area contributed by atoms with Crippen molar-refractivity contribution in [2.75, 3.05) is 0 Å². The molecule has 1 fully saturated rings. The van der Waals surface area contributed by atoms with Crippen LogP contribution < -0.4 is 5.73 Å². The molecular weight excluding hydrogens is 150 g/mol. The summed E-state index contributed by atoms with van der Waals surface area (Å²) in [5, 5.41) is 0. The second-order valence-corrected chi connectivity index (χ2v) is 3.75. The fourth-order valence-corrected chi connectivity index (χ4v) is 1.45. The zero-order valence-electron chi connectivity index (χ0n) is 7.63. The highest BCUT2D eigenvalue weighted by atomic mass is 16.3. The van der Waals surface area contributed by atoms with Gasteiger partial charge in [-0.3, -0.25) is 0 Å². The molecule has 1 aromatic rings. The van der Waals surface area contributed by atoms with Crippen molar-refractivity contribution >= 4 is 0 Å². The Hall–Kier alpha value is -0.760. The van der Waals surface area contributed by atoms with Crippen LogP contribution in [0.3, 0.4) is 0 Å². The summed E-state index contributed by atoms with van der Waals surface area (Å²) in [5.74, 6) is 2.64. The van der Waals surface area contributed by atoms with E-state index in [1.165, 1.54) is 18.4 Å². The van der Waals surface area contributed by atoms with Gasteiger partial charge in [-0.15, -0.1) is 0 Å². The number of hydrogen-bond donors (Lipinski definition) is 1. The number of rotatable bonds is 2. The van der Waals surface area contributed by atoms with Gasteiger partial charge >= 0.3 is 0 Å². The molecule has 0 aromatic carbocycles. The lowest BCUT2D eigenvalue weighted by Crippen LogP contribution is -2.10. The Labute approximate surface area is 72.7 Å². The SMILES string of the molecule is Cc1cc(C(N)C2CC2)oc1C. The maximum Gasteiger partial charge on any atom is 0.121 e. The van der Waals surface area contributed by atoms with Gasteiger partial charge in [0, 0.05) is 0 Å². The van der Waals surface area contributed by atoms with E-state index in [2.05, 4.69) is 13.0 Å². The van der Waals surface area contributed by atoms with Gasteiger partial charge in [-0.1, -0.05) is 0 Å². The van der Waals surface area contributed by atoms with E-state index >= 15 is 0 Å². The molecule has 1 heterocycles. The molecule has 0 bridgehead atoms. The normalized spacial score (nSPS) is 19.6. The Balaban J connectivity index is 2.21. The smallest absolute Gasteiger partial charge is 0.121 e. The van der Waals surface area contributed by atoms with E-state index in [-0.39, 0.29) is 6.04 Å². The molecule has 1 aromatic heterocycles. The van der Waals surface area contributed by atoms with Crippen LogP contribution in [0.2, 0.25) is 0 Å². The molecule has 0 saturated heterocycles. The Morgan fingerprint density at radius 3 is 2.58 bits per heavy atom. The average Bonchev–Trinajstić information content (AvgIpc) is 2.80. The molecule has 2 heteroatoms. The van der Waals surface area contributed by atoms with Crippen LogP contribution in [0.25, 0.3) is 0 Å².